The zero-order valence-electron chi connectivity index (χ0n) is 11.3. The summed E-state index contributed by atoms with van der Waals surface area (Å²) in [4.78, 5) is 11.6. The maximum atomic E-state index is 11.9. The molecule has 0 radical (unpaired) electrons. The number of rotatable bonds is 3. The van der Waals surface area contributed by atoms with Crippen molar-refractivity contribution in [1.29, 1.82) is 0 Å². The molecule has 6 nitrogen and oxygen atoms in total. The average molecular weight is 298 g/mol. The summed E-state index contributed by atoms with van der Waals surface area (Å²) in [5.74, 6) is 0. The topological polar surface area (TPSA) is 84.5 Å². The highest BCUT2D eigenvalue weighted by Gasteiger charge is 2.22. The molecule has 1 aliphatic heterocycles. The minimum Gasteiger partial charge on any atom is -0.324 e. The molecule has 1 saturated heterocycles. The van der Waals surface area contributed by atoms with Crippen molar-refractivity contribution in [2.45, 2.75) is 30.7 Å². The Kier molecular flexibility index (Phi) is 4.61. The highest BCUT2D eigenvalue weighted by Crippen LogP contribution is 2.13. The molecule has 0 bridgehead atoms. The Balaban J connectivity index is 1.97. The molecule has 1 aromatic rings. The van der Waals surface area contributed by atoms with Crippen LogP contribution in [0.1, 0.15) is 18.4 Å². The van der Waals surface area contributed by atoms with Gasteiger partial charge in [-0.05, 0) is 45.0 Å². The van der Waals surface area contributed by atoms with Crippen molar-refractivity contribution in [1.82, 2.24) is 10.6 Å². The van der Waals surface area contributed by atoms with E-state index in [9.17, 15) is 13.2 Å². The van der Waals surface area contributed by atoms with Gasteiger partial charge in [-0.25, -0.2) is 4.79 Å². The van der Waals surface area contributed by atoms with Crippen LogP contribution < -0.4 is 10.6 Å². The van der Waals surface area contributed by atoms with Crippen LogP contribution in [0.15, 0.2) is 29.2 Å². The second-order valence-corrected chi connectivity index (χ2v) is 6.35. The number of nitrogens with one attached hydrogen (secondary N) is 2. The van der Waals surface area contributed by atoms with Crippen LogP contribution in [0, 0.1) is 6.92 Å². The number of amides is 1. The Labute approximate surface area is 118 Å². The molecule has 0 spiro atoms. The summed E-state index contributed by atoms with van der Waals surface area (Å²) >= 11 is 0. The molecular weight excluding hydrogens is 280 g/mol. The number of carbonyl (C=O) groups excluding carboxylic acids is 1. The Hall–Kier alpha value is -1.60. The van der Waals surface area contributed by atoms with E-state index in [2.05, 4.69) is 14.8 Å². The van der Waals surface area contributed by atoms with E-state index in [0.29, 0.717) is 0 Å². The van der Waals surface area contributed by atoms with Gasteiger partial charge in [0.1, 0.15) is 4.90 Å². The third-order valence-corrected chi connectivity index (χ3v) is 4.38. The lowest BCUT2D eigenvalue weighted by Gasteiger charge is -2.23. The van der Waals surface area contributed by atoms with Crippen LogP contribution in [0.25, 0.3) is 0 Å². The van der Waals surface area contributed by atoms with E-state index in [1.807, 2.05) is 6.92 Å². The smallest absolute Gasteiger partial charge is 0.324 e. The number of benzene rings is 1. The molecular formula is C13H18N2O4S. The van der Waals surface area contributed by atoms with Crippen molar-refractivity contribution in [3.05, 3.63) is 29.8 Å². The minimum absolute atomic E-state index is 0.0245. The fourth-order valence-corrected chi connectivity index (χ4v) is 2.82. The monoisotopic (exact) mass is 298 g/mol. The predicted molar refractivity (Wildman–Crippen MR) is 73.9 cm³/mol. The summed E-state index contributed by atoms with van der Waals surface area (Å²) in [6.07, 6.45) is 0.608. The van der Waals surface area contributed by atoms with Gasteiger partial charge >= 0.3 is 16.2 Å². The van der Waals surface area contributed by atoms with E-state index >= 15 is 0 Å². The van der Waals surface area contributed by atoms with E-state index in [0.717, 1.165) is 31.5 Å². The Bertz CT molecular complexity index is 563. The second kappa shape index (κ2) is 6.23. The fourth-order valence-electron chi connectivity index (χ4n) is 2.01. The maximum Gasteiger partial charge on any atom is 0.423 e. The van der Waals surface area contributed by atoms with Gasteiger partial charge in [-0.1, -0.05) is 17.7 Å². The van der Waals surface area contributed by atoms with E-state index < -0.39 is 16.2 Å². The van der Waals surface area contributed by atoms with Crippen molar-refractivity contribution in [3.63, 3.8) is 0 Å². The number of hydrogen-bond acceptors (Lipinski definition) is 5. The summed E-state index contributed by atoms with van der Waals surface area (Å²) in [5.41, 5.74) is 0.933. The standard InChI is InChI=1S/C13H18N2O4S/c1-10-2-4-12(5-3-10)20(17,18)19-13(16)15-11-6-8-14-9-7-11/h2-5,11,14H,6-9H2,1H3,(H,15,16). The lowest BCUT2D eigenvalue weighted by Crippen LogP contribution is -2.43. The lowest BCUT2D eigenvalue weighted by molar-refractivity contribution is 0.195. The molecule has 1 fully saturated rings. The minimum atomic E-state index is -4.05. The van der Waals surface area contributed by atoms with Gasteiger partial charge in [-0.15, -0.1) is 0 Å². The Morgan fingerprint density at radius 3 is 2.45 bits per heavy atom. The van der Waals surface area contributed by atoms with Crippen LogP contribution >= 0.6 is 0 Å². The third-order valence-electron chi connectivity index (χ3n) is 3.16. The lowest BCUT2D eigenvalue weighted by atomic mass is 10.1. The molecule has 0 aromatic heterocycles. The number of piperidine rings is 1. The van der Waals surface area contributed by atoms with Crippen LogP contribution in [0.5, 0.6) is 0 Å². The van der Waals surface area contributed by atoms with E-state index in [4.69, 9.17) is 0 Å². The van der Waals surface area contributed by atoms with Gasteiger partial charge in [0.2, 0.25) is 0 Å². The normalized spacial score (nSPS) is 16.6. The van der Waals surface area contributed by atoms with Crippen LogP contribution in [0.3, 0.4) is 0 Å². The van der Waals surface area contributed by atoms with Gasteiger partial charge < -0.3 is 14.8 Å². The van der Waals surface area contributed by atoms with E-state index in [1.54, 1.807) is 12.1 Å². The summed E-state index contributed by atoms with van der Waals surface area (Å²) in [5, 5.41) is 5.73. The Morgan fingerprint density at radius 2 is 1.85 bits per heavy atom. The summed E-state index contributed by atoms with van der Waals surface area (Å²) in [6.45, 7) is 3.45. The number of aryl methyl sites for hydroxylation is 1. The molecule has 110 valence electrons. The highest BCUT2D eigenvalue weighted by atomic mass is 32.2. The zero-order valence-corrected chi connectivity index (χ0v) is 12.1. The molecule has 1 aromatic carbocycles. The molecule has 1 heterocycles. The van der Waals surface area contributed by atoms with Gasteiger partial charge in [0.05, 0.1) is 0 Å². The molecule has 0 atom stereocenters. The average Bonchev–Trinajstić information content (AvgIpc) is 2.39. The predicted octanol–water partition coefficient (Wildman–Crippen LogP) is 1.16. The summed E-state index contributed by atoms with van der Waals surface area (Å²) in [7, 11) is -4.05. The first-order chi connectivity index (χ1) is 9.47. The SMILES string of the molecule is Cc1ccc(S(=O)(=O)OC(=O)NC2CCNCC2)cc1. The first-order valence-electron chi connectivity index (χ1n) is 6.50. The van der Waals surface area contributed by atoms with E-state index in [1.165, 1.54) is 12.1 Å². The largest absolute Gasteiger partial charge is 0.423 e. The molecule has 2 N–H and O–H groups in total. The first kappa shape index (κ1) is 14.8. The van der Waals surface area contributed by atoms with Crippen molar-refractivity contribution >= 4 is 16.2 Å². The van der Waals surface area contributed by atoms with Crippen molar-refractivity contribution in [3.8, 4) is 0 Å². The van der Waals surface area contributed by atoms with Crippen LogP contribution in [0.2, 0.25) is 0 Å². The van der Waals surface area contributed by atoms with Crippen LogP contribution in [-0.4, -0.2) is 33.6 Å². The zero-order chi connectivity index (χ0) is 14.6. The molecule has 7 heteroatoms. The van der Waals surface area contributed by atoms with Gasteiger partial charge in [0.25, 0.3) is 0 Å². The molecule has 0 saturated carbocycles. The van der Waals surface area contributed by atoms with E-state index in [-0.39, 0.29) is 10.9 Å². The molecule has 20 heavy (non-hydrogen) atoms. The first-order valence-corrected chi connectivity index (χ1v) is 7.90. The fraction of sp³-hybridized carbons (Fsp3) is 0.462. The van der Waals surface area contributed by atoms with Crippen LogP contribution in [0.4, 0.5) is 4.79 Å². The Morgan fingerprint density at radius 1 is 1.25 bits per heavy atom. The number of carbonyl (C=O) groups is 1. The van der Waals surface area contributed by atoms with Crippen LogP contribution in [-0.2, 0) is 14.3 Å². The summed E-state index contributed by atoms with van der Waals surface area (Å²) in [6, 6.07) is 6.10. The highest BCUT2D eigenvalue weighted by molar-refractivity contribution is 7.87. The van der Waals surface area contributed by atoms with Crippen molar-refractivity contribution in [2.24, 2.45) is 0 Å². The maximum absolute atomic E-state index is 11.9. The van der Waals surface area contributed by atoms with Gasteiger partial charge in [0.15, 0.2) is 0 Å². The number of hydrogen-bond donors (Lipinski definition) is 2. The third kappa shape index (κ3) is 3.94. The molecule has 0 unspecified atom stereocenters. The summed E-state index contributed by atoms with van der Waals surface area (Å²) < 4.78 is 28.4. The van der Waals surface area contributed by atoms with Gasteiger partial charge in [0, 0.05) is 6.04 Å². The second-order valence-electron chi connectivity index (χ2n) is 4.81. The quantitative estimate of drug-likeness (QED) is 0.818. The molecule has 1 amide bonds. The van der Waals surface area contributed by atoms with Gasteiger partial charge in [-0.3, -0.25) is 0 Å². The van der Waals surface area contributed by atoms with Crippen molar-refractivity contribution < 1.29 is 17.4 Å². The molecule has 1 aliphatic rings. The molecule has 2 rings (SSSR count). The van der Waals surface area contributed by atoms with Gasteiger partial charge in [-0.2, -0.15) is 8.42 Å². The van der Waals surface area contributed by atoms with Crippen molar-refractivity contribution in [2.75, 3.05) is 13.1 Å². The molecule has 0 aliphatic carbocycles.